The minimum absolute atomic E-state index is 0.221. The molecule has 0 fully saturated rings. The minimum atomic E-state index is -3.59. The molecule has 0 amide bonds. The summed E-state index contributed by atoms with van der Waals surface area (Å²) in [6, 6.07) is 6.83. The van der Waals surface area contributed by atoms with Crippen molar-refractivity contribution in [2.45, 2.75) is 18.2 Å². The zero-order chi connectivity index (χ0) is 14.6. The van der Waals surface area contributed by atoms with Crippen molar-refractivity contribution in [2.75, 3.05) is 18.3 Å². The third kappa shape index (κ3) is 3.75. The van der Waals surface area contributed by atoms with Gasteiger partial charge < -0.3 is 5.32 Å². The highest BCUT2D eigenvalue weighted by Crippen LogP contribution is 2.19. The monoisotopic (exact) mass is 312 g/mol. The molecule has 8 heteroatoms. The molecule has 2 aromatic rings. The standard InChI is InChI=1S/C12H16N4O2S2/c1-9-14-15-12(19-9)16-20(17,18)11-5-3-10(4-6-11)7-8-13-2/h3-6,13H,7-8H2,1-2H3,(H,15,16). The second kappa shape index (κ2) is 6.29. The number of likely N-dealkylation sites (N-methyl/N-ethyl adjacent to an activating group) is 1. The molecule has 0 aliphatic carbocycles. The molecular weight excluding hydrogens is 296 g/mol. The Balaban J connectivity index is 2.13. The van der Waals surface area contributed by atoms with E-state index in [1.54, 1.807) is 19.1 Å². The molecule has 1 aromatic heterocycles. The van der Waals surface area contributed by atoms with Crippen LogP contribution in [-0.2, 0) is 16.4 Å². The summed E-state index contributed by atoms with van der Waals surface area (Å²) in [5.41, 5.74) is 1.09. The Labute approximate surface area is 122 Å². The molecule has 0 saturated carbocycles. The van der Waals surface area contributed by atoms with E-state index in [-0.39, 0.29) is 10.0 Å². The Kier molecular flexibility index (Phi) is 4.69. The summed E-state index contributed by atoms with van der Waals surface area (Å²) >= 11 is 1.20. The van der Waals surface area contributed by atoms with Crippen molar-refractivity contribution in [2.24, 2.45) is 0 Å². The topological polar surface area (TPSA) is 84.0 Å². The Morgan fingerprint density at radius 3 is 2.45 bits per heavy atom. The van der Waals surface area contributed by atoms with Crippen LogP contribution < -0.4 is 10.0 Å². The lowest BCUT2D eigenvalue weighted by Gasteiger charge is -2.06. The minimum Gasteiger partial charge on any atom is -0.319 e. The molecule has 0 spiro atoms. The SMILES string of the molecule is CNCCc1ccc(S(=O)(=O)Nc2nnc(C)s2)cc1. The lowest BCUT2D eigenvalue weighted by Crippen LogP contribution is -2.13. The van der Waals surface area contributed by atoms with Crippen molar-refractivity contribution in [3.63, 3.8) is 0 Å². The number of benzene rings is 1. The molecule has 2 N–H and O–H groups in total. The number of hydrogen-bond acceptors (Lipinski definition) is 6. The smallest absolute Gasteiger partial charge is 0.263 e. The highest BCUT2D eigenvalue weighted by molar-refractivity contribution is 7.93. The molecule has 0 aliphatic rings. The fourth-order valence-electron chi connectivity index (χ4n) is 1.62. The molecule has 0 unspecified atom stereocenters. The zero-order valence-corrected chi connectivity index (χ0v) is 12.9. The van der Waals surface area contributed by atoms with Gasteiger partial charge in [-0.25, -0.2) is 8.42 Å². The van der Waals surface area contributed by atoms with E-state index < -0.39 is 10.0 Å². The molecular formula is C12H16N4O2S2. The Morgan fingerprint density at radius 2 is 1.90 bits per heavy atom. The van der Waals surface area contributed by atoms with Crippen LogP contribution in [-0.4, -0.2) is 32.2 Å². The molecule has 2 rings (SSSR count). The summed E-state index contributed by atoms with van der Waals surface area (Å²) in [7, 11) is -1.71. The number of nitrogens with one attached hydrogen (secondary N) is 2. The van der Waals surface area contributed by atoms with Crippen LogP contribution in [0, 0.1) is 6.92 Å². The normalized spacial score (nSPS) is 11.5. The van der Waals surface area contributed by atoms with E-state index in [1.165, 1.54) is 11.3 Å². The van der Waals surface area contributed by atoms with Crippen molar-refractivity contribution < 1.29 is 8.42 Å². The van der Waals surface area contributed by atoms with Gasteiger partial charge in [0, 0.05) is 0 Å². The van der Waals surface area contributed by atoms with Gasteiger partial charge in [0.05, 0.1) is 4.90 Å². The predicted octanol–water partition coefficient (Wildman–Crippen LogP) is 1.41. The van der Waals surface area contributed by atoms with Gasteiger partial charge in [0.1, 0.15) is 5.01 Å². The van der Waals surface area contributed by atoms with Crippen LogP contribution in [0.2, 0.25) is 0 Å². The van der Waals surface area contributed by atoms with Crippen LogP contribution in [0.1, 0.15) is 10.6 Å². The molecule has 108 valence electrons. The van der Waals surface area contributed by atoms with E-state index >= 15 is 0 Å². The molecule has 0 radical (unpaired) electrons. The van der Waals surface area contributed by atoms with Crippen molar-refractivity contribution in [3.05, 3.63) is 34.8 Å². The second-order valence-electron chi connectivity index (χ2n) is 4.23. The molecule has 1 heterocycles. The number of anilines is 1. The molecule has 0 aliphatic heterocycles. The molecule has 0 bridgehead atoms. The quantitative estimate of drug-likeness (QED) is 0.842. The van der Waals surface area contributed by atoms with E-state index in [4.69, 9.17) is 0 Å². The Hall–Kier alpha value is -1.51. The summed E-state index contributed by atoms with van der Waals surface area (Å²) in [5.74, 6) is 0. The van der Waals surface area contributed by atoms with Gasteiger partial charge in [-0.2, -0.15) is 0 Å². The number of aromatic nitrogens is 2. The third-order valence-corrected chi connectivity index (χ3v) is 4.88. The van der Waals surface area contributed by atoms with E-state index in [0.29, 0.717) is 5.01 Å². The van der Waals surface area contributed by atoms with Crippen LogP contribution in [0.5, 0.6) is 0 Å². The van der Waals surface area contributed by atoms with E-state index in [9.17, 15) is 8.42 Å². The van der Waals surface area contributed by atoms with Crippen LogP contribution >= 0.6 is 11.3 Å². The molecule has 0 saturated heterocycles. The number of sulfonamides is 1. The molecule has 1 aromatic carbocycles. The van der Waals surface area contributed by atoms with E-state index in [0.717, 1.165) is 18.5 Å². The highest BCUT2D eigenvalue weighted by Gasteiger charge is 2.16. The summed E-state index contributed by atoms with van der Waals surface area (Å²) in [5, 5.41) is 11.6. The molecule has 6 nitrogen and oxygen atoms in total. The van der Waals surface area contributed by atoms with Gasteiger partial charge in [-0.3, -0.25) is 4.72 Å². The molecule has 20 heavy (non-hydrogen) atoms. The van der Waals surface area contributed by atoms with Gasteiger partial charge in [-0.1, -0.05) is 23.5 Å². The van der Waals surface area contributed by atoms with Gasteiger partial charge in [0.25, 0.3) is 10.0 Å². The van der Waals surface area contributed by atoms with Gasteiger partial charge >= 0.3 is 0 Å². The number of nitrogens with zero attached hydrogens (tertiary/aromatic N) is 2. The average Bonchev–Trinajstić information content (AvgIpc) is 2.81. The summed E-state index contributed by atoms with van der Waals surface area (Å²) in [6.45, 7) is 2.63. The first kappa shape index (κ1) is 14.9. The average molecular weight is 312 g/mol. The van der Waals surface area contributed by atoms with Gasteiger partial charge in [-0.05, 0) is 44.6 Å². The second-order valence-corrected chi connectivity index (χ2v) is 7.09. The largest absolute Gasteiger partial charge is 0.319 e. The van der Waals surface area contributed by atoms with Crippen LogP contribution in [0.4, 0.5) is 5.13 Å². The third-order valence-electron chi connectivity index (χ3n) is 2.65. The first-order valence-electron chi connectivity index (χ1n) is 6.08. The first-order chi connectivity index (χ1) is 9.51. The summed E-state index contributed by atoms with van der Waals surface area (Å²) < 4.78 is 26.7. The highest BCUT2D eigenvalue weighted by atomic mass is 32.2. The Morgan fingerprint density at radius 1 is 1.20 bits per heavy atom. The van der Waals surface area contributed by atoms with Crippen molar-refractivity contribution in [1.82, 2.24) is 15.5 Å². The molecule has 0 atom stereocenters. The fourth-order valence-corrected chi connectivity index (χ4v) is 3.44. The van der Waals surface area contributed by atoms with Gasteiger partial charge in [0.2, 0.25) is 5.13 Å². The van der Waals surface area contributed by atoms with Gasteiger partial charge in [0.15, 0.2) is 0 Å². The number of rotatable bonds is 6. The van der Waals surface area contributed by atoms with Crippen molar-refractivity contribution >= 4 is 26.5 Å². The fraction of sp³-hybridized carbons (Fsp3) is 0.333. The lowest BCUT2D eigenvalue weighted by molar-refractivity contribution is 0.601. The van der Waals surface area contributed by atoms with Crippen LogP contribution in [0.15, 0.2) is 29.2 Å². The maximum atomic E-state index is 12.2. The number of aryl methyl sites for hydroxylation is 1. The predicted molar refractivity (Wildman–Crippen MR) is 79.5 cm³/mol. The number of hydrogen-bond donors (Lipinski definition) is 2. The Bertz CT molecular complexity index is 665. The summed E-state index contributed by atoms with van der Waals surface area (Å²) in [4.78, 5) is 0.221. The maximum Gasteiger partial charge on any atom is 0.263 e. The zero-order valence-electron chi connectivity index (χ0n) is 11.3. The van der Waals surface area contributed by atoms with E-state index in [1.807, 2.05) is 19.2 Å². The van der Waals surface area contributed by atoms with E-state index in [2.05, 4.69) is 20.2 Å². The van der Waals surface area contributed by atoms with Crippen molar-refractivity contribution in [3.8, 4) is 0 Å². The maximum absolute atomic E-state index is 12.2. The van der Waals surface area contributed by atoms with Crippen LogP contribution in [0.3, 0.4) is 0 Å². The first-order valence-corrected chi connectivity index (χ1v) is 8.38. The van der Waals surface area contributed by atoms with Gasteiger partial charge in [-0.15, -0.1) is 10.2 Å². The summed E-state index contributed by atoms with van der Waals surface area (Å²) in [6.07, 6.45) is 0.861. The van der Waals surface area contributed by atoms with Crippen LogP contribution in [0.25, 0.3) is 0 Å². The van der Waals surface area contributed by atoms with Crippen molar-refractivity contribution in [1.29, 1.82) is 0 Å². The lowest BCUT2D eigenvalue weighted by atomic mass is 10.1.